The summed E-state index contributed by atoms with van der Waals surface area (Å²) in [6.45, 7) is 7.87. The largest absolute Gasteiger partial charge is 0.316 e. The fourth-order valence-corrected chi connectivity index (χ4v) is 3.82. The van der Waals surface area contributed by atoms with Crippen LogP contribution in [-0.2, 0) is 21.5 Å². The highest BCUT2D eigenvalue weighted by molar-refractivity contribution is 6.05. The van der Waals surface area contributed by atoms with Crippen LogP contribution in [0.2, 0.25) is 0 Å². The third-order valence-electron chi connectivity index (χ3n) is 5.35. The third-order valence-corrected chi connectivity index (χ3v) is 5.35. The summed E-state index contributed by atoms with van der Waals surface area (Å²) >= 11 is 0. The predicted molar refractivity (Wildman–Crippen MR) is 97.8 cm³/mol. The molecule has 3 atom stereocenters. The van der Waals surface area contributed by atoms with Crippen LogP contribution < -0.4 is 4.90 Å². The van der Waals surface area contributed by atoms with E-state index >= 15 is 0 Å². The molecule has 0 bridgehead atoms. The lowest BCUT2D eigenvalue weighted by Crippen LogP contribution is -3.09. The molecule has 1 saturated heterocycles. The number of nitrogens with one attached hydrogen (secondary N) is 1. The van der Waals surface area contributed by atoms with Gasteiger partial charge in [0.1, 0.15) is 6.54 Å². The molecule has 3 rings (SSSR count). The number of hydrogen-bond donors (Lipinski definition) is 1. The molecular weight excluding hydrogens is 312 g/mol. The number of nitrogens with zero attached hydrogens (tertiary/aromatic N) is 1. The summed E-state index contributed by atoms with van der Waals surface area (Å²) in [5, 5.41) is 0. The van der Waals surface area contributed by atoms with Gasteiger partial charge in [-0.3, -0.25) is 9.59 Å². The summed E-state index contributed by atoms with van der Waals surface area (Å²) in [4.78, 5) is 27.7. The molecule has 0 saturated carbocycles. The first-order chi connectivity index (χ1) is 11.8. The Morgan fingerprint density at radius 2 is 1.52 bits per heavy atom. The number of allylic oxidation sites excluding steroid dienone is 2. The first-order valence-electron chi connectivity index (χ1n) is 9.18. The Bertz CT molecular complexity index is 659. The van der Waals surface area contributed by atoms with Crippen molar-refractivity contribution >= 4 is 11.8 Å². The minimum atomic E-state index is -0.128. The van der Waals surface area contributed by atoms with Crippen molar-refractivity contribution in [3.8, 4) is 0 Å². The van der Waals surface area contributed by atoms with E-state index in [1.165, 1.54) is 16.0 Å². The number of likely N-dealkylation sites (tertiary alicyclic amines) is 1. The Kier molecular flexibility index (Phi) is 4.83. The number of amides is 2. The van der Waals surface area contributed by atoms with Crippen LogP contribution in [0.15, 0.2) is 36.4 Å². The van der Waals surface area contributed by atoms with E-state index in [1.807, 2.05) is 19.2 Å². The standard InChI is InChI=1S/C21H28N2O2/c1-21(2,3)16-11-9-15(10-12-16)13-22(4)14-23-19(24)17-7-5-6-8-18(17)20(23)25/h5-6,9-12,17-18H,7-8,13-14H2,1-4H3/p+1/t17-,18+. The van der Waals surface area contributed by atoms with Gasteiger partial charge in [0.25, 0.3) is 0 Å². The van der Waals surface area contributed by atoms with Gasteiger partial charge in [-0.05, 0) is 23.8 Å². The van der Waals surface area contributed by atoms with Gasteiger partial charge in [-0.15, -0.1) is 0 Å². The smallest absolute Gasteiger partial charge is 0.237 e. The maximum absolute atomic E-state index is 12.6. The first-order valence-corrected chi connectivity index (χ1v) is 9.18. The van der Waals surface area contributed by atoms with Crippen LogP contribution in [0.4, 0.5) is 0 Å². The lowest BCUT2D eigenvalue weighted by atomic mass is 9.85. The van der Waals surface area contributed by atoms with Gasteiger partial charge >= 0.3 is 0 Å². The Morgan fingerprint density at radius 3 is 2.00 bits per heavy atom. The zero-order chi connectivity index (χ0) is 18.2. The van der Waals surface area contributed by atoms with Gasteiger partial charge in [-0.25, -0.2) is 4.90 Å². The number of fused-ring (bicyclic) bond motifs is 1. The molecular formula is C21H29N2O2+. The molecule has 1 aliphatic carbocycles. The van der Waals surface area contributed by atoms with Crippen LogP contribution in [0.5, 0.6) is 0 Å². The SMILES string of the molecule is C[NH+](Cc1ccc(C(C)(C)C)cc1)CN1C(=O)[C@H]2CC=CC[C@H]2C1=O. The Hall–Kier alpha value is -1.94. The van der Waals surface area contributed by atoms with E-state index in [2.05, 4.69) is 45.0 Å². The first kappa shape index (κ1) is 17.9. The molecule has 0 aromatic heterocycles. The molecule has 4 nitrogen and oxygen atoms in total. The molecule has 1 unspecified atom stereocenters. The molecule has 0 spiro atoms. The number of rotatable bonds is 4. The Balaban J connectivity index is 1.62. The van der Waals surface area contributed by atoms with Gasteiger partial charge in [0.2, 0.25) is 11.8 Å². The Labute approximate surface area is 150 Å². The second kappa shape index (κ2) is 6.75. The third kappa shape index (κ3) is 3.69. The lowest BCUT2D eigenvalue weighted by Gasteiger charge is -2.22. The van der Waals surface area contributed by atoms with Crippen LogP contribution in [0.3, 0.4) is 0 Å². The minimum Gasteiger partial charge on any atom is -0.316 e. The van der Waals surface area contributed by atoms with Gasteiger partial charge < -0.3 is 4.90 Å². The minimum absolute atomic E-state index is 0.0155. The van der Waals surface area contributed by atoms with Crippen molar-refractivity contribution in [2.24, 2.45) is 11.8 Å². The van der Waals surface area contributed by atoms with E-state index < -0.39 is 0 Å². The predicted octanol–water partition coefficient (Wildman–Crippen LogP) is 1.91. The van der Waals surface area contributed by atoms with Gasteiger partial charge in [0.05, 0.1) is 18.9 Å². The fourth-order valence-electron chi connectivity index (χ4n) is 3.82. The quantitative estimate of drug-likeness (QED) is 0.671. The highest BCUT2D eigenvalue weighted by Crippen LogP contribution is 2.34. The molecule has 25 heavy (non-hydrogen) atoms. The number of benzene rings is 1. The summed E-state index contributed by atoms with van der Waals surface area (Å²) in [7, 11) is 2.04. The van der Waals surface area contributed by atoms with Crippen molar-refractivity contribution in [3.05, 3.63) is 47.5 Å². The average Bonchev–Trinajstić information content (AvgIpc) is 2.80. The second-order valence-corrected chi connectivity index (χ2v) is 8.50. The van der Waals surface area contributed by atoms with E-state index in [0.717, 1.165) is 11.4 Å². The normalized spacial score (nSPS) is 24.6. The van der Waals surface area contributed by atoms with Crippen LogP contribution >= 0.6 is 0 Å². The molecule has 0 radical (unpaired) electrons. The summed E-state index contributed by atoms with van der Waals surface area (Å²) in [5.41, 5.74) is 2.69. The molecule has 1 aromatic carbocycles. The molecule has 1 N–H and O–H groups in total. The number of quaternary nitrogens is 1. The van der Waals surface area contributed by atoms with Crippen molar-refractivity contribution in [1.29, 1.82) is 0 Å². The van der Waals surface area contributed by atoms with Crippen molar-refractivity contribution in [1.82, 2.24) is 4.90 Å². The zero-order valence-corrected chi connectivity index (χ0v) is 15.7. The van der Waals surface area contributed by atoms with E-state index in [4.69, 9.17) is 0 Å². The van der Waals surface area contributed by atoms with Crippen LogP contribution in [0, 0.1) is 11.8 Å². The van der Waals surface area contributed by atoms with Crippen molar-refractivity contribution < 1.29 is 14.5 Å². The number of hydrogen-bond acceptors (Lipinski definition) is 2. The summed E-state index contributed by atoms with van der Waals surface area (Å²) in [6.07, 6.45) is 5.48. The molecule has 2 amide bonds. The van der Waals surface area contributed by atoms with Crippen molar-refractivity contribution in [2.75, 3.05) is 13.7 Å². The molecule has 1 aliphatic heterocycles. The van der Waals surface area contributed by atoms with E-state index in [1.54, 1.807) is 0 Å². The number of carbonyl (C=O) groups excluding carboxylic acids is 2. The van der Waals surface area contributed by atoms with Gasteiger partial charge in [0, 0.05) is 5.56 Å². The van der Waals surface area contributed by atoms with Crippen molar-refractivity contribution in [2.45, 2.75) is 45.6 Å². The molecule has 4 heteroatoms. The zero-order valence-electron chi connectivity index (χ0n) is 15.7. The van der Waals surface area contributed by atoms with Crippen LogP contribution in [0.1, 0.15) is 44.7 Å². The fraction of sp³-hybridized carbons (Fsp3) is 0.524. The van der Waals surface area contributed by atoms with Crippen LogP contribution in [-0.4, -0.2) is 30.4 Å². The summed E-state index contributed by atoms with van der Waals surface area (Å²) < 4.78 is 0. The topological polar surface area (TPSA) is 41.8 Å². The number of imide groups is 1. The molecule has 1 heterocycles. The molecule has 2 aliphatic rings. The van der Waals surface area contributed by atoms with Gasteiger partial charge in [-0.2, -0.15) is 0 Å². The second-order valence-electron chi connectivity index (χ2n) is 8.50. The lowest BCUT2D eigenvalue weighted by molar-refractivity contribution is -0.901. The van der Waals surface area contributed by atoms with Gasteiger partial charge in [0.15, 0.2) is 6.67 Å². The van der Waals surface area contributed by atoms with E-state index in [-0.39, 0.29) is 29.1 Å². The number of carbonyl (C=O) groups is 2. The summed E-state index contributed by atoms with van der Waals surface area (Å²) in [5.74, 6) is -0.226. The highest BCUT2D eigenvalue weighted by Gasteiger charge is 2.48. The van der Waals surface area contributed by atoms with E-state index in [9.17, 15) is 9.59 Å². The molecule has 1 fully saturated rings. The van der Waals surface area contributed by atoms with Crippen molar-refractivity contribution in [3.63, 3.8) is 0 Å². The maximum Gasteiger partial charge on any atom is 0.237 e. The molecule has 1 aromatic rings. The average molecular weight is 341 g/mol. The summed E-state index contributed by atoms with van der Waals surface area (Å²) in [6, 6.07) is 8.66. The molecule has 134 valence electrons. The highest BCUT2D eigenvalue weighted by atomic mass is 16.2. The maximum atomic E-state index is 12.6. The van der Waals surface area contributed by atoms with E-state index in [0.29, 0.717) is 19.5 Å². The Morgan fingerprint density at radius 1 is 1.00 bits per heavy atom. The van der Waals surface area contributed by atoms with Crippen LogP contribution in [0.25, 0.3) is 0 Å². The monoisotopic (exact) mass is 341 g/mol. The van der Waals surface area contributed by atoms with Gasteiger partial charge in [-0.1, -0.05) is 57.2 Å².